The molecule has 0 radical (unpaired) electrons. The van der Waals surface area contributed by atoms with Crippen LogP contribution in [0.15, 0.2) is 54.7 Å². The van der Waals surface area contributed by atoms with Crippen LogP contribution in [0.25, 0.3) is 0 Å². The molecule has 1 aromatic heterocycles. The van der Waals surface area contributed by atoms with E-state index in [0.717, 1.165) is 22.5 Å². The summed E-state index contributed by atoms with van der Waals surface area (Å²) in [6.45, 7) is 12.5. The summed E-state index contributed by atoms with van der Waals surface area (Å²) in [6, 6.07) is 15.4. The Balaban J connectivity index is 1.91. The van der Waals surface area contributed by atoms with E-state index in [1.807, 2.05) is 48.5 Å². The summed E-state index contributed by atoms with van der Waals surface area (Å²) in [5, 5.41) is 10.1. The van der Waals surface area contributed by atoms with E-state index in [4.69, 9.17) is 0 Å². The topological polar surface area (TPSA) is 76.0 Å². The number of hydrogen-bond donors (Lipinski definition) is 2. The predicted molar refractivity (Wildman–Crippen MR) is 129 cm³/mol. The molecule has 0 fully saturated rings. The Morgan fingerprint density at radius 3 is 1.66 bits per heavy atom. The number of benzene rings is 2. The maximum atomic E-state index is 13.2. The van der Waals surface area contributed by atoms with Crippen LogP contribution in [0, 0.1) is 0 Å². The zero-order valence-electron chi connectivity index (χ0n) is 19.9. The van der Waals surface area contributed by atoms with Gasteiger partial charge in [-0.1, -0.05) is 77.9 Å². The minimum absolute atomic E-state index is 0.143. The van der Waals surface area contributed by atoms with Crippen LogP contribution in [0.3, 0.4) is 0 Å². The van der Waals surface area contributed by atoms with E-state index in [-0.39, 0.29) is 33.9 Å². The molecule has 0 bridgehead atoms. The smallest absolute Gasteiger partial charge is 0.274 e. The summed E-state index contributed by atoms with van der Waals surface area (Å²) in [5.41, 5.74) is 3.61. The van der Waals surface area contributed by atoms with Gasteiger partial charge in [-0.2, -0.15) is 5.10 Å². The monoisotopic (exact) mass is 432 g/mol. The fourth-order valence-electron chi connectivity index (χ4n) is 3.74. The Morgan fingerprint density at radius 1 is 0.750 bits per heavy atom. The number of nitrogens with zero attached hydrogens (tertiary/aromatic N) is 2. The summed E-state index contributed by atoms with van der Waals surface area (Å²) < 4.78 is 1.43. The molecule has 0 spiro atoms. The molecule has 0 unspecified atom stereocenters. The fraction of sp³-hybridized carbons (Fsp3) is 0.346. The second-order valence-corrected chi connectivity index (χ2v) is 10.0. The zero-order chi connectivity index (χ0) is 23.7. The van der Waals surface area contributed by atoms with E-state index in [1.165, 1.54) is 10.9 Å². The zero-order valence-corrected chi connectivity index (χ0v) is 19.9. The molecule has 0 aliphatic rings. The van der Waals surface area contributed by atoms with Crippen molar-refractivity contribution in [3.63, 3.8) is 0 Å². The Bertz CT molecular complexity index is 1150. The number of hydrogen-bond acceptors (Lipinski definition) is 3. The highest BCUT2D eigenvalue weighted by molar-refractivity contribution is 6.14. The molecule has 168 valence electrons. The van der Waals surface area contributed by atoms with Crippen LogP contribution in [0.2, 0.25) is 0 Å². The number of amides is 2. The van der Waals surface area contributed by atoms with Gasteiger partial charge in [0.2, 0.25) is 0 Å². The van der Waals surface area contributed by atoms with E-state index in [9.17, 15) is 9.59 Å². The quantitative estimate of drug-likeness (QED) is 0.570. The van der Waals surface area contributed by atoms with Crippen molar-refractivity contribution in [3.8, 4) is 0 Å². The number of para-hydroxylation sites is 2. The van der Waals surface area contributed by atoms with Gasteiger partial charge < -0.3 is 10.6 Å². The van der Waals surface area contributed by atoms with Crippen molar-refractivity contribution in [1.82, 2.24) is 9.78 Å². The van der Waals surface area contributed by atoms with E-state index in [1.54, 1.807) is 7.05 Å². The van der Waals surface area contributed by atoms with Gasteiger partial charge in [-0.05, 0) is 34.1 Å². The predicted octanol–water partition coefficient (Wildman–Crippen LogP) is 5.52. The first-order valence-electron chi connectivity index (χ1n) is 10.7. The molecule has 0 saturated carbocycles. The highest BCUT2D eigenvalue weighted by atomic mass is 16.2. The third-order valence-electron chi connectivity index (χ3n) is 5.37. The molecule has 0 aliphatic carbocycles. The van der Waals surface area contributed by atoms with Gasteiger partial charge in [0.05, 0.1) is 11.8 Å². The molecule has 3 aromatic rings. The van der Waals surface area contributed by atoms with E-state index in [0.29, 0.717) is 0 Å². The molecule has 2 N–H and O–H groups in total. The van der Waals surface area contributed by atoms with E-state index >= 15 is 0 Å². The third kappa shape index (κ3) is 4.90. The van der Waals surface area contributed by atoms with Crippen LogP contribution in [0.5, 0.6) is 0 Å². The van der Waals surface area contributed by atoms with Crippen LogP contribution in [0.1, 0.15) is 73.5 Å². The van der Waals surface area contributed by atoms with Gasteiger partial charge in [-0.15, -0.1) is 0 Å². The minimum atomic E-state index is -0.379. The third-order valence-corrected chi connectivity index (χ3v) is 5.37. The lowest BCUT2D eigenvalue weighted by Gasteiger charge is -2.23. The van der Waals surface area contributed by atoms with Crippen LogP contribution in [-0.4, -0.2) is 21.6 Å². The molecule has 3 rings (SSSR count). The highest BCUT2D eigenvalue weighted by Crippen LogP contribution is 2.31. The summed E-state index contributed by atoms with van der Waals surface area (Å²) in [5.74, 6) is -0.750. The SMILES string of the molecule is Cn1ncc(C(=O)Nc2ccccc2C(C)(C)C)c1C(=O)Nc1ccccc1C(C)(C)C. The second kappa shape index (κ2) is 8.61. The number of aryl methyl sites for hydroxylation is 1. The van der Waals surface area contributed by atoms with Crippen molar-refractivity contribution in [3.05, 3.63) is 77.1 Å². The van der Waals surface area contributed by atoms with Gasteiger partial charge in [-0.25, -0.2) is 0 Å². The molecular formula is C26H32N4O2. The Morgan fingerprint density at radius 2 is 1.19 bits per heavy atom. The van der Waals surface area contributed by atoms with Crippen LogP contribution >= 0.6 is 0 Å². The molecule has 6 nitrogen and oxygen atoms in total. The van der Waals surface area contributed by atoms with Gasteiger partial charge in [0, 0.05) is 18.4 Å². The van der Waals surface area contributed by atoms with Crippen molar-refractivity contribution < 1.29 is 9.59 Å². The van der Waals surface area contributed by atoms with E-state index in [2.05, 4.69) is 57.3 Å². The van der Waals surface area contributed by atoms with Crippen molar-refractivity contribution in [1.29, 1.82) is 0 Å². The molecule has 0 saturated heterocycles. The summed E-state index contributed by atoms with van der Waals surface area (Å²) in [6.07, 6.45) is 1.43. The first-order chi connectivity index (χ1) is 14.9. The molecule has 0 aliphatic heterocycles. The molecule has 1 heterocycles. The first-order valence-corrected chi connectivity index (χ1v) is 10.7. The lowest BCUT2D eigenvalue weighted by Crippen LogP contribution is -2.24. The molecule has 6 heteroatoms. The number of carbonyl (C=O) groups is 2. The lowest BCUT2D eigenvalue weighted by molar-refractivity contribution is 0.0985. The van der Waals surface area contributed by atoms with Crippen LogP contribution in [-0.2, 0) is 17.9 Å². The summed E-state index contributed by atoms with van der Waals surface area (Å²) in [4.78, 5) is 26.4. The standard InChI is InChI=1S/C26H32N4O2/c1-25(2,3)18-12-8-10-14-20(18)28-23(31)17-16-27-30(7)22(17)24(32)29-21-15-11-9-13-19(21)26(4,5)6/h8-16H,1-7H3,(H,28,31)(H,29,32). The van der Waals surface area contributed by atoms with Crippen molar-refractivity contribution in [2.24, 2.45) is 7.05 Å². The summed E-state index contributed by atoms with van der Waals surface area (Å²) >= 11 is 0. The minimum Gasteiger partial charge on any atom is -0.322 e. The number of nitrogens with one attached hydrogen (secondary N) is 2. The van der Waals surface area contributed by atoms with Gasteiger partial charge >= 0.3 is 0 Å². The van der Waals surface area contributed by atoms with E-state index < -0.39 is 0 Å². The van der Waals surface area contributed by atoms with Gasteiger partial charge in [-0.3, -0.25) is 14.3 Å². The Kier molecular flexibility index (Phi) is 6.26. The van der Waals surface area contributed by atoms with Gasteiger partial charge in [0.25, 0.3) is 11.8 Å². The molecular weight excluding hydrogens is 400 g/mol. The number of anilines is 2. The second-order valence-electron chi connectivity index (χ2n) is 10.0. The van der Waals surface area contributed by atoms with Gasteiger partial charge in [0.1, 0.15) is 5.69 Å². The first kappa shape index (κ1) is 23.3. The van der Waals surface area contributed by atoms with Gasteiger partial charge in [0.15, 0.2) is 0 Å². The number of aromatic nitrogens is 2. The normalized spacial score (nSPS) is 11.8. The van der Waals surface area contributed by atoms with Crippen molar-refractivity contribution in [2.45, 2.75) is 52.4 Å². The lowest BCUT2D eigenvalue weighted by atomic mass is 9.85. The largest absolute Gasteiger partial charge is 0.322 e. The highest BCUT2D eigenvalue weighted by Gasteiger charge is 2.26. The Hall–Kier alpha value is -3.41. The van der Waals surface area contributed by atoms with Crippen molar-refractivity contribution >= 4 is 23.2 Å². The summed E-state index contributed by atoms with van der Waals surface area (Å²) in [7, 11) is 1.66. The van der Waals surface area contributed by atoms with Crippen molar-refractivity contribution in [2.75, 3.05) is 10.6 Å². The maximum absolute atomic E-state index is 13.2. The Labute approximate surface area is 190 Å². The average molecular weight is 433 g/mol. The fourth-order valence-corrected chi connectivity index (χ4v) is 3.74. The number of rotatable bonds is 4. The number of carbonyl (C=O) groups excluding carboxylic acids is 2. The molecule has 0 atom stereocenters. The molecule has 32 heavy (non-hydrogen) atoms. The van der Waals surface area contributed by atoms with Crippen LogP contribution < -0.4 is 10.6 Å². The van der Waals surface area contributed by atoms with Crippen LogP contribution in [0.4, 0.5) is 11.4 Å². The molecule has 2 aromatic carbocycles. The molecule has 2 amide bonds. The maximum Gasteiger partial charge on any atom is 0.274 e. The average Bonchev–Trinajstić information content (AvgIpc) is 3.09.